The Balaban J connectivity index is 3.19. The second-order valence-electron chi connectivity index (χ2n) is 3.67. The van der Waals surface area contributed by atoms with Crippen molar-refractivity contribution >= 4 is 11.6 Å². The lowest BCUT2D eigenvalue weighted by Gasteiger charge is -2.15. The molecule has 0 radical (unpaired) electrons. The number of hydrogen-bond acceptors (Lipinski definition) is 3. The van der Waals surface area contributed by atoms with E-state index in [9.17, 15) is 0 Å². The Bertz CT molecular complexity index is 340. The van der Waals surface area contributed by atoms with E-state index in [0.717, 1.165) is 16.9 Å². The molecule has 0 aliphatic carbocycles. The quantitative estimate of drug-likeness (QED) is 0.808. The van der Waals surface area contributed by atoms with E-state index in [2.05, 4.69) is 18.7 Å². The Hall–Kier alpha value is -0.770. The summed E-state index contributed by atoms with van der Waals surface area (Å²) in [5, 5.41) is 0.593. The smallest absolute Gasteiger partial charge is 0.140 e. The second kappa shape index (κ2) is 5.35. The molecule has 0 aliphatic heterocycles. The first-order valence-electron chi connectivity index (χ1n) is 4.78. The molecule has 1 aromatic carbocycles. The Labute approximate surface area is 95.1 Å². The summed E-state index contributed by atoms with van der Waals surface area (Å²) in [6.45, 7) is 4.52. The molecule has 0 spiro atoms. The molecule has 0 amide bonds. The van der Waals surface area contributed by atoms with Crippen LogP contribution in [0.3, 0.4) is 0 Å². The van der Waals surface area contributed by atoms with Crippen molar-refractivity contribution < 1.29 is 9.57 Å². The van der Waals surface area contributed by atoms with Crippen LogP contribution in [0.4, 0.5) is 0 Å². The summed E-state index contributed by atoms with van der Waals surface area (Å²) >= 11 is 6.09. The maximum atomic E-state index is 6.09. The average molecular weight is 230 g/mol. The van der Waals surface area contributed by atoms with E-state index >= 15 is 0 Å². The minimum absolute atomic E-state index is 0.343. The van der Waals surface area contributed by atoms with Gasteiger partial charge in [0.25, 0.3) is 0 Å². The normalized spacial score (nSPS) is 10.8. The Morgan fingerprint density at radius 3 is 2.53 bits per heavy atom. The van der Waals surface area contributed by atoms with E-state index < -0.39 is 0 Å². The summed E-state index contributed by atoms with van der Waals surface area (Å²) < 4.78 is 5.27. The number of hydrogen-bond donors (Lipinski definition) is 1. The third-order valence-corrected chi connectivity index (χ3v) is 2.49. The van der Waals surface area contributed by atoms with Gasteiger partial charge in [-0.3, -0.25) is 4.84 Å². The van der Waals surface area contributed by atoms with Gasteiger partial charge < -0.3 is 4.74 Å². The van der Waals surface area contributed by atoms with E-state index in [1.165, 1.54) is 0 Å². The minimum atomic E-state index is 0.343. The highest BCUT2D eigenvalue weighted by Gasteiger charge is 2.12. The van der Waals surface area contributed by atoms with Gasteiger partial charge in [-0.2, -0.15) is 0 Å². The molecular formula is C11H16ClNO2. The SMILES string of the molecule is COc1c(Cl)cc(CON)cc1C(C)C. The van der Waals surface area contributed by atoms with Crippen LogP contribution in [0, 0.1) is 0 Å². The molecule has 3 nitrogen and oxygen atoms in total. The van der Waals surface area contributed by atoms with Crippen LogP contribution in [0.5, 0.6) is 5.75 Å². The van der Waals surface area contributed by atoms with Gasteiger partial charge in [-0.15, -0.1) is 0 Å². The van der Waals surface area contributed by atoms with E-state index in [1.807, 2.05) is 6.07 Å². The summed E-state index contributed by atoms with van der Waals surface area (Å²) in [6, 6.07) is 3.81. The molecular weight excluding hydrogens is 214 g/mol. The first-order valence-corrected chi connectivity index (χ1v) is 5.16. The van der Waals surface area contributed by atoms with Crippen molar-refractivity contribution in [3.63, 3.8) is 0 Å². The fourth-order valence-electron chi connectivity index (χ4n) is 1.50. The predicted octanol–water partition coefficient (Wildman–Crippen LogP) is 2.86. The molecule has 2 N–H and O–H groups in total. The van der Waals surface area contributed by atoms with Crippen molar-refractivity contribution in [3.05, 3.63) is 28.3 Å². The Kier molecular flexibility index (Phi) is 4.39. The molecule has 0 saturated carbocycles. The van der Waals surface area contributed by atoms with Crippen LogP contribution >= 0.6 is 11.6 Å². The van der Waals surface area contributed by atoms with Gasteiger partial charge in [0.15, 0.2) is 0 Å². The monoisotopic (exact) mass is 229 g/mol. The fraction of sp³-hybridized carbons (Fsp3) is 0.455. The lowest BCUT2D eigenvalue weighted by molar-refractivity contribution is 0.124. The van der Waals surface area contributed by atoms with Gasteiger partial charge in [-0.1, -0.05) is 25.4 Å². The molecule has 0 bridgehead atoms. The first kappa shape index (κ1) is 12.3. The fourth-order valence-corrected chi connectivity index (χ4v) is 1.82. The highest BCUT2D eigenvalue weighted by Crippen LogP contribution is 2.34. The van der Waals surface area contributed by atoms with Crippen LogP contribution in [0.15, 0.2) is 12.1 Å². The van der Waals surface area contributed by atoms with Crippen molar-refractivity contribution in [1.82, 2.24) is 0 Å². The zero-order valence-corrected chi connectivity index (χ0v) is 9.97. The number of benzene rings is 1. The van der Waals surface area contributed by atoms with Crippen molar-refractivity contribution in [2.75, 3.05) is 7.11 Å². The summed E-state index contributed by atoms with van der Waals surface area (Å²) in [5.41, 5.74) is 2.02. The number of ether oxygens (including phenoxy) is 1. The van der Waals surface area contributed by atoms with E-state index in [0.29, 0.717) is 17.5 Å². The number of rotatable bonds is 4. The zero-order valence-electron chi connectivity index (χ0n) is 9.21. The molecule has 0 aromatic heterocycles. The first-order chi connectivity index (χ1) is 7.10. The van der Waals surface area contributed by atoms with Crippen LogP contribution in [-0.4, -0.2) is 7.11 Å². The maximum absolute atomic E-state index is 6.09. The van der Waals surface area contributed by atoms with Gasteiger partial charge in [0.05, 0.1) is 18.7 Å². The average Bonchev–Trinajstić information content (AvgIpc) is 2.17. The molecule has 0 atom stereocenters. The molecule has 1 rings (SSSR count). The summed E-state index contributed by atoms with van der Waals surface area (Å²) in [6.07, 6.45) is 0. The van der Waals surface area contributed by atoms with Crippen molar-refractivity contribution in [3.8, 4) is 5.75 Å². The van der Waals surface area contributed by atoms with Gasteiger partial charge in [0.2, 0.25) is 0 Å². The Morgan fingerprint density at radius 1 is 1.40 bits per heavy atom. The van der Waals surface area contributed by atoms with Crippen LogP contribution < -0.4 is 10.6 Å². The minimum Gasteiger partial charge on any atom is -0.495 e. The lowest BCUT2D eigenvalue weighted by Crippen LogP contribution is -2.02. The standard InChI is InChI=1S/C11H16ClNO2/c1-7(2)9-4-8(6-15-13)5-10(12)11(9)14-3/h4-5,7H,6,13H2,1-3H3. The van der Waals surface area contributed by atoms with Crippen LogP contribution in [0.25, 0.3) is 0 Å². The maximum Gasteiger partial charge on any atom is 0.140 e. The predicted molar refractivity (Wildman–Crippen MR) is 61.1 cm³/mol. The molecule has 84 valence electrons. The van der Waals surface area contributed by atoms with E-state index in [4.69, 9.17) is 22.2 Å². The van der Waals surface area contributed by atoms with Gasteiger partial charge in [-0.25, -0.2) is 5.90 Å². The van der Waals surface area contributed by atoms with Crippen LogP contribution in [0.1, 0.15) is 30.9 Å². The zero-order chi connectivity index (χ0) is 11.4. The van der Waals surface area contributed by atoms with Crippen molar-refractivity contribution in [2.24, 2.45) is 5.90 Å². The largest absolute Gasteiger partial charge is 0.495 e. The van der Waals surface area contributed by atoms with Gasteiger partial charge in [0.1, 0.15) is 5.75 Å². The highest BCUT2D eigenvalue weighted by molar-refractivity contribution is 6.32. The molecule has 1 aromatic rings. The van der Waals surface area contributed by atoms with Crippen molar-refractivity contribution in [2.45, 2.75) is 26.4 Å². The number of nitrogens with two attached hydrogens (primary N) is 1. The Morgan fingerprint density at radius 2 is 2.07 bits per heavy atom. The number of methoxy groups -OCH3 is 1. The summed E-state index contributed by atoms with van der Waals surface area (Å²) in [4.78, 5) is 4.59. The summed E-state index contributed by atoms with van der Waals surface area (Å²) in [5.74, 6) is 6.10. The molecule has 0 heterocycles. The van der Waals surface area contributed by atoms with Gasteiger partial charge in [-0.05, 0) is 29.2 Å². The van der Waals surface area contributed by atoms with E-state index in [-0.39, 0.29) is 0 Å². The molecule has 0 aliphatic rings. The second-order valence-corrected chi connectivity index (χ2v) is 4.07. The third kappa shape index (κ3) is 2.84. The van der Waals surface area contributed by atoms with E-state index in [1.54, 1.807) is 13.2 Å². The molecule has 4 heteroatoms. The highest BCUT2D eigenvalue weighted by atomic mass is 35.5. The van der Waals surface area contributed by atoms with Crippen molar-refractivity contribution in [1.29, 1.82) is 0 Å². The third-order valence-electron chi connectivity index (χ3n) is 2.21. The van der Waals surface area contributed by atoms with Crippen LogP contribution in [-0.2, 0) is 11.4 Å². The molecule has 0 unspecified atom stereocenters. The lowest BCUT2D eigenvalue weighted by atomic mass is 9.99. The molecule has 0 fully saturated rings. The van der Waals surface area contributed by atoms with Gasteiger partial charge in [0, 0.05) is 0 Å². The van der Waals surface area contributed by atoms with Gasteiger partial charge >= 0.3 is 0 Å². The number of halogens is 1. The molecule has 0 saturated heterocycles. The summed E-state index contributed by atoms with van der Waals surface area (Å²) in [7, 11) is 1.62. The van der Waals surface area contributed by atoms with Crippen LogP contribution in [0.2, 0.25) is 5.02 Å². The molecule has 15 heavy (non-hydrogen) atoms. The topological polar surface area (TPSA) is 44.5 Å².